The van der Waals surface area contributed by atoms with Gasteiger partial charge in [-0.3, -0.25) is 4.79 Å². The minimum atomic E-state index is 0.00739. The van der Waals surface area contributed by atoms with Crippen LogP contribution < -0.4 is 9.64 Å². The molecular weight excluding hydrogens is 368 g/mol. The summed E-state index contributed by atoms with van der Waals surface area (Å²) in [5.74, 6) is 0.848. The molecule has 1 saturated heterocycles. The van der Waals surface area contributed by atoms with E-state index in [2.05, 4.69) is 32.6 Å². The lowest BCUT2D eigenvalue weighted by molar-refractivity contribution is 0.0746. The highest BCUT2D eigenvalue weighted by atomic mass is 16.5. The van der Waals surface area contributed by atoms with Crippen molar-refractivity contribution in [3.63, 3.8) is 0 Å². The van der Waals surface area contributed by atoms with Crippen LogP contribution in [0.1, 0.15) is 21.5 Å². The van der Waals surface area contributed by atoms with E-state index >= 15 is 0 Å². The highest BCUT2D eigenvalue weighted by molar-refractivity contribution is 5.98. The molecule has 4 rings (SSSR count). The van der Waals surface area contributed by atoms with E-state index in [0.29, 0.717) is 18.7 Å². The van der Waals surface area contributed by atoms with Crippen molar-refractivity contribution in [1.82, 2.24) is 25.1 Å². The molecule has 150 valence electrons. The number of amides is 1. The summed E-state index contributed by atoms with van der Waals surface area (Å²) < 4.78 is 6.80. The molecule has 8 heteroatoms. The quantitative estimate of drug-likeness (QED) is 0.678. The van der Waals surface area contributed by atoms with Gasteiger partial charge in [-0.15, -0.1) is 5.10 Å². The Morgan fingerprint density at radius 1 is 1.00 bits per heavy atom. The lowest BCUT2D eigenvalue weighted by atomic mass is 10.0. The molecule has 1 aromatic heterocycles. The lowest BCUT2D eigenvalue weighted by Crippen LogP contribution is -2.49. The van der Waals surface area contributed by atoms with E-state index in [9.17, 15) is 4.79 Å². The summed E-state index contributed by atoms with van der Waals surface area (Å²) in [7, 11) is 1.66. The molecule has 0 aliphatic carbocycles. The Balaban J connectivity index is 1.52. The molecule has 2 heterocycles. The SMILES string of the molecule is COc1ccc(N2CCN(C(=O)c3ccc(C)c(C)c3-n3cnnn3)CC2)cc1. The number of methoxy groups -OCH3 is 1. The molecule has 0 atom stereocenters. The van der Waals surface area contributed by atoms with E-state index in [4.69, 9.17) is 4.74 Å². The standard InChI is InChI=1S/C21H24N6O2/c1-15-4-9-19(20(16(15)2)27-14-22-23-24-27)21(28)26-12-10-25(11-13-26)17-5-7-18(29-3)8-6-17/h4-9,14H,10-13H2,1-3H3. The Kier molecular flexibility index (Phi) is 5.16. The first-order valence-electron chi connectivity index (χ1n) is 9.60. The molecule has 2 aromatic carbocycles. The zero-order valence-corrected chi connectivity index (χ0v) is 16.9. The zero-order valence-electron chi connectivity index (χ0n) is 16.9. The molecular formula is C21H24N6O2. The van der Waals surface area contributed by atoms with Crippen LogP contribution in [0.5, 0.6) is 5.75 Å². The summed E-state index contributed by atoms with van der Waals surface area (Å²) in [6.07, 6.45) is 1.53. The van der Waals surface area contributed by atoms with E-state index in [-0.39, 0.29) is 5.91 Å². The minimum Gasteiger partial charge on any atom is -0.497 e. The van der Waals surface area contributed by atoms with Crippen molar-refractivity contribution in [3.8, 4) is 11.4 Å². The second-order valence-electron chi connectivity index (χ2n) is 7.14. The van der Waals surface area contributed by atoms with Crippen LogP contribution in [-0.4, -0.2) is 64.3 Å². The second-order valence-corrected chi connectivity index (χ2v) is 7.14. The fourth-order valence-corrected chi connectivity index (χ4v) is 3.66. The Morgan fingerprint density at radius 3 is 2.34 bits per heavy atom. The summed E-state index contributed by atoms with van der Waals surface area (Å²) in [6.45, 7) is 6.89. The molecule has 1 fully saturated rings. The number of nitrogens with zero attached hydrogens (tertiary/aromatic N) is 6. The third kappa shape index (κ3) is 3.65. The van der Waals surface area contributed by atoms with Gasteiger partial charge in [-0.2, -0.15) is 4.68 Å². The van der Waals surface area contributed by atoms with Gasteiger partial charge in [-0.05, 0) is 65.7 Å². The van der Waals surface area contributed by atoms with E-state index in [0.717, 1.165) is 41.3 Å². The first-order chi connectivity index (χ1) is 14.1. The van der Waals surface area contributed by atoms with Crippen LogP contribution in [0.4, 0.5) is 5.69 Å². The second kappa shape index (κ2) is 7.90. The van der Waals surface area contributed by atoms with Gasteiger partial charge in [0.1, 0.15) is 12.1 Å². The average Bonchev–Trinajstić information content (AvgIpc) is 3.29. The van der Waals surface area contributed by atoms with E-state index in [1.807, 2.05) is 43.0 Å². The molecule has 0 N–H and O–H groups in total. The predicted octanol–water partition coefficient (Wildman–Crippen LogP) is 2.25. The molecule has 3 aromatic rings. The molecule has 0 unspecified atom stereocenters. The van der Waals surface area contributed by atoms with Crippen LogP contribution in [-0.2, 0) is 0 Å². The molecule has 8 nitrogen and oxygen atoms in total. The molecule has 0 spiro atoms. The zero-order chi connectivity index (χ0) is 20.4. The van der Waals surface area contributed by atoms with Gasteiger partial charge in [-0.1, -0.05) is 6.07 Å². The Morgan fingerprint density at radius 2 is 1.72 bits per heavy atom. The van der Waals surface area contributed by atoms with Crippen molar-refractivity contribution in [2.24, 2.45) is 0 Å². The number of aryl methyl sites for hydroxylation is 1. The van der Waals surface area contributed by atoms with Gasteiger partial charge in [0.05, 0.1) is 18.4 Å². The van der Waals surface area contributed by atoms with E-state index in [1.165, 1.54) is 6.33 Å². The number of carbonyl (C=O) groups excluding carboxylic acids is 1. The molecule has 0 radical (unpaired) electrons. The molecule has 0 bridgehead atoms. The van der Waals surface area contributed by atoms with Gasteiger partial charge in [0, 0.05) is 31.9 Å². The monoisotopic (exact) mass is 392 g/mol. The van der Waals surface area contributed by atoms with Crippen molar-refractivity contribution in [3.05, 3.63) is 59.4 Å². The molecule has 0 saturated carbocycles. The van der Waals surface area contributed by atoms with Crippen LogP contribution in [0, 0.1) is 13.8 Å². The van der Waals surface area contributed by atoms with Crippen LogP contribution in [0.15, 0.2) is 42.7 Å². The van der Waals surface area contributed by atoms with Crippen molar-refractivity contribution < 1.29 is 9.53 Å². The number of hydrogen-bond donors (Lipinski definition) is 0. The molecule has 1 amide bonds. The summed E-state index contributed by atoms with van der Waals surface area (Å²) in [6, 6.07) is 11.9. The van der Waals surface area contributed by atoms with Gasteiger partial charge < -0.3 is 14.5 Å². The normalized spacial score (nSPS) is 14.2. The predicted molar refractivity (Wildman–Crippen MR) is 110 cm³/mol. The number of ether oxygens (including phenoxy) is 1. The van der Waals surface area contributed by atoms with E-state index in [1.54, 1.807) is 11.8 Å². The van der Waals surface area contributed by atoms with Crippen LogP contribution in [0.3, 0.4) is 0 Å². The van der Waals surface area contributed by atoms with Crippen LogP contribution >= 0.6 is 0 Å². The van der Waals surface area contributed by atoms with Crippen molar-refractivity contribution in [2.45, 2.75) is 13.8 Å². The van der Waals surface area contributed by atoms with Crippen LogP contribution in [0.25, 0.3) is 5.69 Å². The molecule has 29 heavy (non-hydrogen) atoms. The van der Waals surface area contributed by atoms with Gasteiger partial charge in [0.2, 0.25) is 0 Å². The van der Waals surface area contributed by atoms with Gasteiger partial charge in [0.25, 0.3) is 5.91 Å². The third-order valence-corrected chi connectivity index (χ3v) is 5.51. The molecule has 1 aliphatic heterocycles. The smallest absolute Gasteiger partial charge is 0.256 e. The first kappa shape index (κ1) is 18.9. The average molecular weight is 392 g/mol. The number of tetrazole rings is 1. The summed E-state index contributed by atoms with van der Waals surface area (Å²) in [4.78, 5) is 17.5. The largest absolute Gasteiger partial charge is 0.497 e. The number of aromatic nitrogens is 4. The van der Waals surface area contributed by atoms with Crippen LogP contribution in [0.2, 0.25) is 0 Å². The Hall–Kier alpha value is -3.42. The minimum absolute atomic E-state index is 0.00739. The first-order valence-corrected chi connectivity index (χ1v) is 9.60. The van der Waals surface area contributed by atoms with Crippen molar-refractivity contribution >= 4 is 11.6 Å². The Labute approximate surface area is 169 Å². The molecule has 1 aliphatic rings. The number of piperazine rings is 1. The highest BCUT2D eigenvalue weighted by Gasteiger charge is 2.26. The topological polar surface area (TPSA) is 76.4 Å². The fraction of sp³-hybridized carbons (Fsp3) is 0.333. The van der Waals surface area contributed by atoms with Crippen molar-refractivity contribution in [1.29, 1.82) is 0 Å². The number of rotatable bonds is 4. The maximum absolute atomic E-state index is 13.3. The number of anilines is 1. The van der Waals surface area contributed by atoms with Gasteiger partial charge in [-0.25, -0.2) is 0 Å². The Bertz CT molecular complexity index is 993. The summed E-state index contributed by atoms with van der Waals surface area (Å²) in [5, 5.41) is 11.5. The number of benzene rings is 2. The summed E-state index contributed by atoms with van der Waals surface area (Å²) in [5.41, 5.74) is 4.60. The lowest BCUT2D eigenvalue weighted by Gasteiger charge is -2.36. The number of hydrogen-bond acceptors (Lipinski definition) is 6. The highest BCUT2D eigenvalue weighted by Crippen LogP contribution is 2.25. The fourth-order valence-electron chi connectivity index (χ4n) is 3.66. The number of carbonyl (C=O) groups is 1. The van der Waals surface area contributed by atoms with Gasteiger partial charge >= 0.3 is 0 Å². The maximum Gasteiger partial charge on any atom is 0.256 e. The van der Waals surface area contributed by atoms with Gasteiger partial charge in [0.15, 0.2) is 0 Å². The third-order valence-electron chi connectivity index (χ3n) is 5.51. The summed E-state index contributed by atoms with van der Waals surface area (Å²) >= 11 is 0. The maximum atomic E-state index is 13.3. The van der Waals surface area contributed by atoms with Crippen molar-refractivity contribution in [2.75, 3.05) is 38.2 Å². The van der Waals surface area contributed by atoms with E-state index < -0.39 is 0 Å².